The minimum Gasteiger partial charge on any atom is -0.486 e. The molecule has 1 aromatic carbocycles. The van der Waals surface area contributed by atoms with Gasteiger partial charge in [0.15, 0.2) is 11.5 Å². The maximum absolute atomic E-state index is 10.1. The van der Waals surface area contributed by atoms with Crippen LogP contribution in [0.2, 0.25) is 0 Å². The molecule has 2 atom stereocenters. The molecule has 1 aromatic rings. The van der Waals surface area contributed by atoms with Gasteiger partial charge in [0.1, 0.15) is 13.2 Å². The van der Waals surface area contributed by atoms with Gasteiger partial charge >= 0.3 is 0 Å². The van der Waals surface area contributed by atoms with Crippen LogP contribution in [0.15, 0.2) is 18.2 Å². The normalized spacial score (nSPS) is 17.9. The number of aliphatic hydroxyl groups excluding tert-OH is 1. The van der Waals surface area contributed by atoms with Crippen molar-refractivity contribution >= 4 is 0 Å². The zero-order valence-corrected chi connectivity index (χ0v) is 10.6. The largest absolute Gasteiger partial charge is 0.486 e. The number of aliphatic hydroxyl groups is 1. The molecule has 0 saturated carbocycles. The molecule has 0 saturated heterocycles. The quantitative estimate of drug-likeness (QED) is 0.876. The Bertz CT molecular complexity index is 387. The van der Waals surface area contributed by atoms with Gasteiger partial charge in [-0.25, -0.2) is 0 Å². The molecule has 3 nitrogen and oxygen atoms in total. The van der Waals surface area contributed by atoms with E-state index in [4.69, 9.17) is 9.47 Å². The second kappa shape index (κ2) is 4.96. The van der Waals surface area contributed by atoms with Crippen LogP contribution in [0.5, 0.6) is 11.5 Å². The maximum Gasteiger partial charge on any atom is 0.161 e. The van der Waals surface area contributed by atoms with Crippen molar-refractivity contribution in [2.24, 2.45) is 5.92 Å². The number of hydrogen-bond donors (Lipinski definition) is 1. The molecule has 3 heteroatoms. The summed E-state index contributed by atoms with van der Waals surface area (Å²) in [6.07, 6.45) is -0.336. The first-order chi connectivity index (χ1) is 8.09. The summed E-state index contributed by atoms with van der Waals surface area (Å²) in [6.45, 7) is 7.29. The molecule has 1 N–H and O–H groups in total. The highest BCUT2D eigenvalue weighted by molar-refractivity contribution is 5.44. The van der Waals surface area contributed by atoms with Gasteiger partial charge in [-0.3, -0.25) is 0 Å². The standard InChI is InChI=1S/C14H20O3/c1-9(2)14(15)10(3)11-4-5-12-13(8-11)17-7-6-16-12/h4-5,8-10,14-15H,6-7H2,1-3H3. The number of benzene rings is 1. The number of hydrogen-bond acceptors (Lipinski definition) is 3. The number of rotatable bonds is 3. The molecule has 0 spiro atoms. The van der Waals surface area contributed by atoms with Crippen LogP contribution in [0.4, 0.5) is 0 Å². The molecule has 17 heavy (non-hydrogen) atoms. The summed E-state index contributed by atoms with van der Waals surface area (Å²) in [7, 11) is 0. The summed E-state index contributed by atoms with van der Waals surface area (Å²) in [4.78, 5) is 0. The van der Waals surface area contributed by atoms with Crippen LogP contribution < -0.4 is 9.47 Å². The third-order valence-corrected chi connectivity index (χ3v) is 3.29. The summed E-state index contributed by atoms with van der Waals surface area (Å²) < 4.78 is 11.0. The first-order valence-corrected chi connectivity index (χ1v) is 6.17. The predicted molar refractivity (Wildman–Crippen MR) is 66.7 cm³/mol. The van der Waals surface area contributed by atoms with Crippen LogP contribution in [-0.4, -0.2) is 24.4 Å². The van der Waals surface area contributed by atoms with Crippen molar-refractivity contribution < 1.29 is 14.6 Å². The lowest BCUT2D eigenvalue weighted by atomic mass is 9.89. The van der Waals surface area contributed by atoms with Gasteiger partial charge in [0.05, 0.1) is 6.10 Å². The number of fused-ring (bicyclic) bond motifs is 1. The molecular formula is C14H20O3. The first kappa shape index (κ1) is 12.2. The third-order valence-electron chi connectivity index (χ3n) is 3.29. The van der Waals surface area contributed by atoms with E-state index in [0.29, 0.717) is 13.2 Å². The van der Waals surface area contributed by atoms with Crippen LogP contribution in [0, 0.1) is 5.92 Å². The van der Waals surface area contributed by atoms with E-state index in [0.717, 1.165) is 17.1 Å². The Morgan fingerprint density at radius 1 is 1.06 bits per heavy atom. The van der Waals surface area contributed by atoms with Crippen LogP contribution in [0.25, 0.3) is 0 Å². The highest BCUT2D eigenvalue weighted by atomic mass is 16.6. The van der Waals surface area contributed by atoms with Gasteiger partial charge < -0.3 is 14.6 Å². The van der Waals surface area contributed by atoms with Gasteiger partial charge in [-0.05, 0) is 23.6 Å². The van der Waals surface area contributed by atoms with E-state index in [9.17, 15) is 5.11 Å². The second-order valence-corrected chi connectivity index (χ2v) is 4.93. The SMILES string of the molecule is CC(C)C(O)C(C)c1ccc2c(c1)OCCO2. The maximum atomic E-state index is 10.1. The van der Waals surface area contributed by atoms with E-state index in [1.165, 1.54) is 0 Å². The Morgan fingerprint density at radius 3 is 2.35 bits per heavy atom. The topological polar surface area (TPSA) is 38.7 Å². The van der Waals surface area contributed by atoms with Crippen LogP contribution in [0.1, 0.15) is 32.3 Å². The minimum atomic E-state index is -0.336. The lowest BCUT2D eigenvalue weighted by Crippen LogP contribution is -2.22. The molecule has 1 heterocycles. The van der Waals surface area contributed by atoms with Crippen molar-refractivity contribution in [3.63, 3.8) is 0 Å². The fourth-order valence-electron chi connectivity index (χ4n) is 2.12. The van der Waals surface area contributed by atoms with Gasteiger partial charge in [0.25, 0.3) is 0 Å². The van der Waals surface area contributed by atoms with E-state index in [2.05, 4.69) is 0 Å². The van der Waals surface area contributed by atoms with Gasteiger partial charge in [0, 0.05) is 5.92 Å². The third kappa shape index (κ3) is 2.55. The molecule has 2 unspecified atom stereocenters. The van der Waals surface area contributed by atoms with Crippen LogP contribution in [-0.2, 0) is 0 Å². The molecule has 1 aliphatic rings. The summed E-state index contributed by atoms with van der Waals surface area (Å²) >= 11 is 0. The molecule has 94 valence electrons. The summed E-state index contributed by atoms with van der Waals surface area (Å²) in [5, 5.41) is 10.1. The van der Waals surface area contributed by atoms with Crippen molar-refractivity contribution in [1.82, 2.24) is 0 Å². The van der Waals surface area contributed by atoms with Crippen LogP contribution >= 0.6 is 0 Å². The Balaban J connectivity index is 2.21. The molecule has 0 bridgehead atoms. The van der Waals surface area contributed by atoms with E-state index >= 15 is 0 Å². The first-order valence-electron chi connectivity index (χ1n) is 6.17. The Morgan fingerprint density at radius 2 is 1.71 bits per heavy atom. The molecule has 0 fully saturated rings. The van der Waals surface area contributed by atoms with Crippen molar-refractivity contribution in [1.29, 1.82) is 0 Å². The molecular weight excluding hydrogens is 216 g/mol. The van der Waals surface area contributed by atoms with Gasteiger partial charge in [-0.15, -0.1) is 0 Å². The second-order valence-electron chi connectivity index (χ2n) is 4.93. The Kier molecular flexibility index (Phi) is 3.57. The van der Waals surface area contributed by atoms with Gasteiger partial charge in [-0.1, -0.05) is 26.8 Å². The van der Waals surface area contributed by atoms with Crippen LogP contribution in [0.3, 0.4) is 0 Å². The summed E-state index contributed by atoms with van der Waals surface area (Å²) in [5.41, 5.74) is 1.09. The van der Waals surface area contributed by atoms with E-state index in [1.807, 2.05) is 39.0 Å². The van der Waals surface area contributed by atoms with Gasteiger partial charge in [-0.2, -0.15) is 0 Å². The molecule has 0 radical (unpaired) electrons. The van der Waals surface area contributed by atoms with E-state index < -0.39 is 0 Å². The molecule has 0 aliphatic carbocycles. The fourth-order valence-corrected chi connectivity index (χ4v) is 2.12. The molecule has 2 rings (SSSR count). The highest BCUT2D eigenvalue weighted by Crippen LogP contribution is 2.34. The lowest BCUT2D eigenvalue weighted by molar-refractivity contribution is 0.102. The Hall–Kier alpha value is -1.22. The predicted octanol–water partition coefficient (Wildman–Crippen LogP) is 2.58. The molecule has 0 amide bonds. The molecule has 1 aliphatic heterocycles. The minimum absolute atomic E-state index is 0.103. The Labute approximate surface area is 102 Å². The summed E-state index contributed by atoms with van der Waals surface area (Å²) in [6, 6.07) is 5.90. The average Bonchev–Trinajstić information content (AvgIpc) is 2.36. The summed E-state index contributed by atoms with van der Waals surface area (Å²) in [5.74, 6) is 1.94. The fraction of sp³-hybridized carbons (Fsp3) is 0.571. The average molecular weight is 236 g/mol. The van der Waals surface area contributed by atoms with E-state index in [1.54, 1.807) is 0 Å². The van der Waals surface area contributed by atoms with Crippen molar-refractivity contribution in [2.45, 2.75) is 32.8 Å². The zero-order valence-electron chi connectivity index (χ0n) is 10.6. The number of ether oxygens (including phenoxy) is 2. The van der Waals surface area contributed by atoms with Crippen molar-refractivity contribution in [3.05, 3.63) is 23.8 Å². The molecule has 0 aromatic heterocycles. The zero-order chi connectivity index (χ0) is 12.4. The monoisotopic (exact) mass is 236 g/mol. The van der Waals surface area contributed by atoms with Crippen molar-refractivity contribution in [2.75, 3.05) is 13.2 Å². The smallest absolute Gasteiger partial charge is 0.161 e. The lowest BCUT2D eigenvalue weighted by Gasteiger charge is -2.24. The highest BCUT2D eigenvalue weighted by Gasteiger charge is 2.21. The van der Waals surface area contributed by atoms with Crippen molar-refractivity contribution in [3.8, 4) is 11.5 Å². The van der Waals surface area contributed by atoms with Gasteiger partial charge in [0.2, 0.25) is 0 Å². The van der Waals surface area contributed by atoms with E-state index in [-0.39, 0.29) is 17.9 Å².